The normalized spacial score (nSPS) is 11.5. The third-order valence-corrected chi connectivity index (χ3v) is 5.68. The van der Waals surface area contributed by atoms with Crippen LogP contribution in [0, 0.1) is 20.8 Å². The Morgan fingerprint density at radius 3 is 2.32 bits per heavy atom. The molecule has 1 aromatic heterocycles. The van der Waals surface area contributed by atoms with Crippen molar-refractivity contribution in [1.82, 2.24) is 0 Å². The smallest absolute Gasteiger partial charge is 0.200 e. The van der Waals surface area contributed by atoms with Crippen molar-refractivity contribution in [3.63, 3.8) is 0 Å². The SMILES string of the molecule is CCC(CC)c1ccc2c(-c3cc(C)cc(C)c3C)[n+](C)ccc2c1. The van der Waals surface area contributed by atoms with Gasteiger partial charge >= 0.3 is 0 Å². The van der Waals surface area contributed by atoms with Crippen LogP contribution >= 0.6 is 0 Å². The van der Waals surface area contributed by atoms with Crippen LogP contribution in [0.15, 0.2) is 42.6 Å². The molecule has 0 aliphatic rings. The zero-order valence-electron chi connectivity index (χ0n) is 16.5. The van der Waals surface area contributed by atoms with Crippen molar-refractivity contribution in [3.8, 4) is 11.3 Å². The molecular formula is C24H30N+. The lowest BCUT2D eigenvalue weighted by Crippen LogP contribution is -2.30. The van der Waals surface area contributed by atoms with Gasteiger partial charge in [-0.1, -0.05) is 37.6 Å². The van der Waals surface area contributed by atoms with Crippen molar-refractivity contribution in [2.24, 2.45) is 7.05 Å². The molecule has 0 saturated carbocycles. The molecule has 0 fully saturated rings. The van der Waals surface area contributed by atoms with E-state index in [1.54, 1.807) is 0 Å². The first-order valence-corrected chi connectivity index (χ1v) is 9.46. The summed E-state index contributed by atoms with van der Waals surface area (Å²) in [6, 6.07) is 13.9. The second-order valence-corrected chi connectivity index (χ2v) is 7.39. The van der Waals surface area contributed by atoms with Crippen LogP contribution in [-0.4, -0.2) is 0 Å². The predicted octanol–water partition coefficient (Wildman–Crippen LogP) is 6.16. The molecule has 0 bridgehead atoms. The zero-order chi connectivity index (χ0) is 18.1. The molecule has 1 nitrogen and oxygen atoms in total. The number of aromatic nitrogens is 1. The Morgan fingerprint density at radius 2 is 1.64 bits per heavy atom. The first-order chi connectivity index (χ1) is 12.0. The fraction of sp³-hybridized carbons (Fsp3) is 0.375. The van der Waals surface area contributed by atoms with Crippen molar-refractivity contribution in [1.29, 1.82) is 0 Å². The molecule has 0 aliphatic heterocycles. The fourth-order valence-corrected chi connectivity index (χ4v) is 4.03. The number of fused-ring (bicyclic) bond motifs is 1. The van der Waals surface area contributed by atoms with E-state index >= 15 is 0 Å². The summed E-state index contributed by atoms with van der Waals surface area (Å²) < 4.78 is 2.26. The van der Waals surface area contributed by atoms with Gasteiger partial charge in [0, 0.05) is 6.07 Å². The number of aryl methyl sites for hydroxylation is 3. The summed E-state index contributed by atoms with van der Waals surface area (Å²) in [7, 11) is 2.15. The van der Waals surface area contributed by atoms with Crippen LogP contribution in [0.3, 0.4) is 0 Å². The molecule has 0 unspecified atom stereocenters. The summed E-state index contributed by atoms with van der Waals surface area (Å²) in [5, 5.41) is 2.68. The molecule has 0 spiro atoms. The number of nitrogens with zero attached hydrogens (tertiary/aromatic N) is 1. The lowest BCUT2D eigenvalue weighted by atomic mass is 9.90. The second kappa shape index (κ2) is 7.00. The number of rotatable bonds is 4. The highest BCUT2D eigenvalue weighted by molar-refractivity contribution is 5.94. The Balaban J connectivity index is 2.27. The summed E-state index contributed by atoms with van der Waals surface area (Å²) in [4.78, 5) is 0. The third kappa shape index (κ3) is 3.20. The van der Waals surface area contributed by atoms with E-state index in [9.17, 15) is 0 Å². The van der Waals surface area contributed by atoms with E-state index < -0.39 is 0 Å². The van der Waals surface area contributed by atoms with E-state index in [0.717, 1.165) is 0 Å². The van der Waals surface area contributed by atoms with E-state index in [2.05, 4.69) is 88.8 Å². The Kier molecular flexibility index (Phi) is 4.94. The summed E-state index contributed by atoms with van der Waals surface area (Å²) in [5.41, 5.74) is 8.19. The van der Waals surface area contributed by atoms with Crippen molar-refractivity contribution in [3.05, 3.63) is 64.8 Å². The van der Waals surface area contributed by atoms with E-state index in [1.165, 1.54) is 57.1 Å². The van der Waals surface area contributed by atoms with Crippen LogP contribution < -0.4 is 4.57 Å². The maximum atomic E-state index is 2.40. The topological polar surface area (TPSA) is 3.88 Å². The van der Waals surface area contributed by atoms with E-state index in [0.29, 0.717) is 5.92 Å². The van der Waals surface area contributed by atoms with Gasteiger partial charge in [0.1, 0.15) is 7.05 Å². The number of hydrogen-bond donors (Lipinski definition) is 0. The molecule has 0 amide bonds. The lowest BCUT2D eigenvalue weighted by molar-refractivity contribution is -0.659. The van der Waals surface area contributed by atoms with Gasteiger partial charge in [0.05, 0.1) is 10.9 Å². The Morgan fingerprint density at radius 1 is 0.920 bits per heavy atom. The highest BCUT2D eigenvalue weighted by Crippen LogP contribution is 2.32. The monoisotopic (exact) mass is 332 g/mol. The summed E-state index contributed by atoms with van der Waals surface area (Å²) in [5.74, 6) is 0.657. The molecule has 1 heterocycles. The van der Waals surface area contributed by atoms with Gasteiger partial charge in [-0.25, -0.2) is 4.57 Å². The Labute approximate surface area is 152 Å². The van der Waals surface area contributed by atoms with Gasteiger partial charge in [-0.3, -0.25) is 0 Å². The van der Waals surface area contributed by atoms with Crippen molar-refractivity contribution < 1.29 is 4.57 Å². The number of pyridine rings is 1. The van der Waals surface area contributed by atoms with Crippen molar-refractivity contribution in [2.45, 2.75) is 53.4 Å². The standard InChI is InChI=1S/C24H30N/c1-7-19(8-2)20-9-10-22-21(15-20)11-12-25(6)24(22)23-14-16(3)13-17(4)18(23)5/h9-15,19H,7-8H2,1-6H3/q+1. The molecule has 2 aromatic carbocycles. The largest absolute Gasteiger partial charge is 0.220 e. The Hall–Kier alpha value is -2.15. The maximum Gasteiger partial charge on any atom is 0.220 e. The number of hydrogen-bond acceptors (Lipinski definition) is 0. The molecule has 0 aliphatic carbocycles. The second-order valence-electron chi connectivity index (χ2n) is 7.39. The van der Waals surface area contributed by atoms with Gasteiger partial charge in [-0.05, 0) is 73.7 Å². The molecule has 3 aromatic rings. The summed E-state index contributed by atoms with van der Waals surface area (Å²) >= 11 is 0. The van der Waals surface area contributed by atoms with Gasteiger partial charge in [-0.15, -0.1) is 0 Å². The van der Waals surface area contributed by atoms with Crippen LogP contribution in [0.25, 0.3) is 22.0 Å². The highest BCUT2D eigenvalue weighted by atomic mass is 14.9. The zero-order valence-corrected chi connectivity index (χ0v) is 16.5. The number of benzene rings is 2. The van der Waals surface area contributed by atoms with Crippen LogP contribution in [0.2, 0.25) is 0 Å². The average molecular weight is 333 g/mol. The molecule has 0 saturated heterocycles. The van der Waals surface area contributed by atoms with E-state index in [1.807, 2.05) is 0 Å². The minimum Gasteiger partial charge on any atom is -0.200 e. The van der Waals surface area contributed by atoms with Gasteiger partial charge < -0.3 is 0 Å². The predicted molar refractivity (Wildman–Crippen MR) is 108 cm³/mol. The van der Waals surface area contributed by atoms with Crippen molar-refractivity contribution in [2.75, 3.05) is 0 Å². The van der Waals surface area contributed by atoms with Crippen molar-refractivity contribution >= 4 is 10.8 Å². The first-order valence-electron chi connectivity index (χ1n) is 9.46. The van der Waals surface area contributed by atoms with Crippen LogP contribution in [0.5, 0.6) is 0 Å². The quantitative estimate of drug-likeness (QED) is 0.504. The molecule has 0 atom stereocenters. The third-order valence-electron chi connectivity index (χ3n) is 5.68. The molecule has 1 heteroatoms. The fourth-order valence-electron chi connectivity index (χ4n) is 4.03. The van der Waals surface area contributed by atoms with Gasteiger partial charge in [0.15, 0.2) is 6.20 Å². The average Bonchev–Trinajstić information content (AvgIpc) is 2.59. The van der Waals surface area contributed by atoms with Gasteiger partial charge in [0.2, 0.25) is 5.69 Å². The van der Waals surface area contributed by atoms with Gasteiger partial charge in [-0.2, -0.15) is 0 Å². The molecule has 3 rings (SSSR count). The van der Waals surface area contributed by atoms with E-state index in [4.69, 9.17) is 0 Å². The van der Waals surface area contributed by atoms with E-state index in [-0.39, 0.29) is 0 Å². The molecule has 130 valence electrons. The summed E-state index contributed by atoms with van der Waals surface area (Å²) in [6.45, 7) is 11.2. The Bertz CT molecular complexity index is 917. The first kappa shape index (κ1) is 17.7. The molecule has 25 heavy (non-hydrogen) atoms. The minimum absolute atomic E-state index is 0.657. The molecule has 0 N–H and O–H groups in total. The molecule has 0 radical (unpaired) electrons. The van der Waals surface area contributed by atoms with Gasteiger partial charge in [0.25, 0.3) is 0 Å². The van der Waals surface area contributed by atoms with Crippen LogP contribution in [0.1, 0.15) is 54.9 Å². The minimum atomic E-state index is 0.657. The van der Waals surface area contributed by atoms with Crippen LogP contribution in [0.4, 0.5) is 0 Å². The lowest BCUT2D eigenvalue weighted by Gasteiger charge is -2.15. The maximum absolute atomic E-state index is 2.40. The molecular weight excluding hydrogens is 302 g/mol. The highest BCUT2D eigenvalue weighted by Gasteiger charge is 2.19. The summed E-state index contributed by atoms with van der Waals surface area (Å²) in [6.07, 6.45) is 4.60. The van der Waals surface area contributed by atoms with Crippen LogP contribution in [-0.2, 0) is 7.05 Å².